The summed E-state index contributed by atoms with van der Waals surface area (Å²) in [5.74, 6) is 0. The molecule has 1 aromatic carbocycles. The molecule has 1 aromatic heterocycles. The van der Waals surface area contributed by atoms with Crippen molar-refractivity contribution in [3.63, 3.8) is 0 Å². The average molecular weight is 316 g/mol. The van der Waals surface area contributed by atoms with Crippen LogP contribution in [0.5, 0.6) is 0 Å². The Balaban J connectivity index is 2.39. The summed E-state index contributed by atoms with van der Waals surface area (Å²) in [6, 6.07) is 5.66. The lowest BCUT2D eigenvalue weighted by Gasteiger charge is -2.09. The van der Waals surface area contributed by atoms with Gasteiger partial charge in [0.2, 0.25) is 0 Å². The number of benzene rings is 1. The van der Waals surface area contributed by atoms with Crippen LogP contribution in [0.15, 0.2) is 28.9 Å². The molecule has 0 fully saturated rings. The molecule has 1 N–H and O–H groups in total. The molecule has 0 aliphatic carbocycles. The van der Waals surface area contributed by atoms with Gasteiger partial charge in [-0.2, -0.15) is 0 Å². The van der Waals surface area contributed by atoms with E-state index in [0.717, 1.165) is 28.9 Å². The Kier molecular flexibility index (Phi) is 4.15. The summed E-state index contributed by atoms with van der Waals surface area (Å²) >= 11 is 9.53. The maximum absolute atomic E-state index is 6.06. The van der Waals surface area contributed by atoms with E-state index in [0.29, 0.717) is 5.02 Å². The zero-order valence-corrected chi connectivity index (χ0v) is 11.7. The maximum Gasteiger partial charge on any atom is 0.0824 e. The van der Waals surface area contributed by atoms with Gasteiger partial charge in [-0.1, -0.05) is 29.8 Å². The monoisotopic (exact) mass is 314 g/mol. The number of halogens is 2. The Bertz CT molecular complexity index is 512. The zero-order valence-electron chi connectivity index (χ0n) is 9.32. The molecular formula is C11H12BrClN4. The topological polar surface area (TPSA) is 42.7 Å². The van der Waals surface area contributed by atoms with E-state index >= 15 is 0 Å². The highest BCUT2D eigenvalue weighted by atomic mass is 79.9. The summed E-state index contributed by atoms with van der Waals surface area (Å²) < 4.78 is 2.60. The van der Waals surface area contributed by atoms with Crippen LogP contribution in [0.3, 0.4) is 0 Å². The Morgan fingerprint density at radius 3 is 3.06 bits per heavy atom. The first kappa shape index (κ1) is 12.5. The molecule has 0 aliphatic heterocycles. The predicted octanol–water partition coefficient (Wildman–Crippen LogP) is 2.79. The van der Waals surface area contributed by atoms with Crippen LogP contribution in [-0.2, 0) is 6.54 Å². The normalized spacial score (nSPS) is 10.8. The molecule has 0 spiro atoms. The van der Waals surface area contributed by atoms with Gasteiger partial charge >= 0.3 is 0 Å². The van der Waals surface area contributed by atoms with Crippen LogP contribution < -0.4 is 5.32 Å². The van der Waals surface area contributed by atoms with Crippen LogP contribution in [0, 0.1) is 0 Å². The van der Waals surface area contributed by atoms with Crippen molar-refractivity contribution in [2.24, 2.45) is 0 Å². The standard InChI is InChI=1S/C11H12BrClN4/c1-2-14-6-8-7-15-16-17(8)10-5-3-4-9(13)11(10)12/h3-5,7,14H,2,6H2,1H3. The Hall–Kier alpha value is -0.910. The number of rotatable bonds is 4. The van der Waals surface area contributed by atoms with Gasteiger partial charge in [0, 0.05) is 6.54 Å². The SMILES string of the molecule is CCNCc1cnnn1-c1cccc(Cl)c1Br. The summed E-state index contributed by atoms with van der Waals surface area (Å²) in [7, 11) is 0. The minimum Gasteiger partial charge on any atom is -0.311 e. The molecule has 6 heteroatoms. The van der Waals surface area contributed by atoms with E-state index in [9.17, 15) is 0 Å². The molecule has 0 bridgehead atoms. The highest BCUT2D eigenvalue weighted by Gasteiger charge is 2.10. The lowest BCUT2D eigenvalue weighted by Crippen LogP contribution is -2.15. The zero-order chi connectivity index (χ0) is 12.3. The number of hydrogen-bond donors (Lipinski definition) is 1. The molecule has 2 aromatic rings. The second-order valence-electron chi connectivity index (χ2n) is 3.49. The van der Waals surface area contributed by atoms with Gasteiger partial charge in [0.25, 0.3) is 0 Å². The Morgan fingerprint density at radius 2 is 2.29 bits per heavy atom. The first-order valence-electron chi connectivity index (χ1n) is 5.28. The van der Waals surface area contributed by atoms with Gasteiger partial charge in [-0.15, -0.1) is 5.10 Å². The highest BCUT2D eigenvalue weighted by Crippen LogP contribution is 2.28. The second-order valence-corrected chi connectivity index (χ2v) is 4.69. The van der Waals surface area contributed by atoms with Crippen molar-refractivity contribution in [1.82, 2.24) is 20.3 Å². The number of nitrogens with zero attached hydrogens (tertiary/aromatic N) is 3. The van der Waals surface area contributed by atoms with E-state index in [2.05, 4.69) is 38.5 Å². The lowest BCUT2D eigenvalue weighted by atomic mass is 10.3. The van der Waals surface area contributed by atoms with E-state index in [1.807, 2.05) is 18.2 Å². The van der Waals surface area contributed by atoms with E-state index in [4.69, 9.17) is 11.6 Å². The molecule has 90 valence electrons. The Labute approximate surface area is 113 Å². The predicted molar refractivity (Wildman–Crippen MR) is 71.4 cm³/mol. The Morgan fingerprint density at radius 1 is 1.47 bits per heavy atom. The quantitative estimate of drug-likeness (QED) is 0.943. The fourth-order valence-corrected chi connectivity index (χ4v) is 2.09. The summed E-state index contributed by atoms with van der Waals surface area (Å²) in [6.07, 6.45) is 1.75. The molecule has 2 rings (SSSR count). The largest absolute Gasteiger partial charge is 0.311 e. The van der Waals surface area contributed by atoms with Crippen molar-refractivity contribution in [3.05, 3.63) is 39.6 Å². The maximum atomic E-state index is 6.06. The van der Waals surface area contributed by atoms with Crippen LogP contribution in [0.4, 0.5) is 0 Å². The lowest BCUT2D eigenvalue weighted by molar-refractivity contribution is 0.671. The van der Waals surface area contributed by atoms with Crippen LogP contribution >= 0.6 is 27.5 Å². The van der Waals surface area contributed by atoms with Crippen LogP contribution in [0.2, 0.25) is 5.02 Å². The van der Waals surface area contributed by atoms with E-state index in [1.54, 1.807) is 10.9 Å². The van der Waals surface area contributed by atoms with Crippen LogP contribution in [-0.4, -0.2) is 21.5 Å². The molecular weight excluding hydrogens is 304 g/mol. The van der Waals surface area contributed by atoms with Gasteiger partial charge in [-0.3, -0.25) is 0 Å². The molecule has 0 aliphatic rings. The summed E-state index contributed by atoms with van der Waals surface area (Å²) in [5, 5.41) is 11.9. The minimum absolute atomic E-state index is 0.660. The second kappa shape index (κ2) is 5.62. The van der Waals surface area contributed by atoms with Crippen LogP contribution in [0.1, 0.15) is 12.6 Å². The fourth-order valence-electron chi connectivity index (χ4n) is 1.49. The first-order chi connectivity index (χ1) is 8.24. The van der Waals surface area contributed by atoms with Gasteiger partial charge in [0.15, 0.2) is 0 Å². The van der Waals surface area contributed by atoms with Gasteiger partial charge in [-0.05, 0) is 34.6 Å². The van der Waals surface area contributed by atoms with Crippen molar-refractivity contribution >= 4 is 27.5 Å². The van der Waals surface area contributed by atoms with Crippen molar-refractivity contribution in [1.29, 1.82) is 0 Å². The van der Waals surface area contributed by atoms with Gasteiger partial charge < -0.3 is 5.32 Å². The molecule has 0 radical (unpaired) electrons. The summed E-state index contributed by atoms with van der Waals surface area (Å²) in [4.78, 5) is 0. The fraction of sp³-hybridized carbons (Fsp3) is 0.273. The molecule has 0 saturated carbocycles. The molecule has 0 amide bonds. The average Bonchev–Trinajstić information content (AvgIpc) is 2.78. The van der Waals surface area contributed by atoms with E-state index in [1.165, 1.54) is 0 Å². The molecule has 17 heavy (non-hydrogen) atoms. The molecule has 1 heterocycles. The third-order valence-electron chi connectivity index (χ3n) is 2.34. The molecule has 0 atom stereocenters. The van der Waals surface area contributed by atoms with E-state index in [-0.39, 0.29) is 0 Å². The third-order valence-corrected chi connectivity index (χ3v) is 3.71. The molecule has 0 saturated heterocycles. The van der Waals surface area contributed by atoms with Crippen LogP contribution in [0.25, 0.3) is 5.69 Å². The van der Waals surface area contributed by atoms with E-state index < -0.39 is 0 Å². The summed E-state index contributed by atoms with van der Waals surface area (Å²) in [5.41, 5.74) is 1.89. The number of nitrogens with one attached hydrogen (secondary N) is 1. The first-order valence-corrected chi connectivity index (χ1v) is 6.45. The highest BCUT2D eigenvalue weighted by molar-refractivity contribution is 9.10. The van der Waals surface area contributed by atoms with Gasteiger partial charge in [-0.25, -0.2) is 4.68 Å². The number of hydrogen-bond acceptors (Lipinski definition) is 3. The minimum atomic E-state index is 0.660. The summed E-state index contributed by atoms with van der Waals surface area (Å²) in [6.45, 7) is 3.69. The van der Waals surface area contributed by atoms with Gasteiger partial charge in [0.05, 0.1) is 27.1 Å². The molecule has 0 unspecified atom stereocenters. The number of aromatic nitrogens is 3. The third kappa shape index (κ3) is 2.68. The van der Waals surface area contributed by atoms with Gasteiger partial charge in [0.1, 0.15) is 0 Å². The molecule has 4 nitrogen and oxygen atoms in total. The van der Waals surface area contributed by atoms with Crippen molar-refractivity contribution < 1.29 is 0 Å². The van der Waals surface area contributed by atoms with Crippen molar-refractivity contribution in [2.75, 3.05) is 6.54 Å². The van der Waals surface area contributed by atoms with Crippen molar-refractivity contribution in [2.45, 2.75) is 13.5 Å². The smallest absolute Gasteiger partial charge is 0.0824 e. The van der Waals surface area contributed by atoms with Crippen molar-refractivity contribution in [3.8, 4) is 5.69 Å².